The molecule has 1 aromatic carbocycles. The van der Waals surface area contributed by atoms with Gasteiger partial charge in [-0.1, -0.05) is 23.2 Å². The molecular weight excluding hydrogens is 269 g/mol. The molecule has 0 aromatic heterocycles. The fourth-order valence-electron chi connectivity index (χ4n) is 1.00. The molecule has 0 aliphatic carbocycles. The van der Waals surface area contributed by atoms with Gasteiger partial charge in [-0.15, -0.1) is 0 Å². The highest BCUT2D eigenvalue weighted by Gasteiger charge is 2.07. The van der Waals surface area contributed by atoms with Gasteiger partial charge < -0.3 is 4.74 Å². The van der Waals surface area contributed by atoms with Crippen molar-refractivity contribution in [1.82, 2.24) is 0 Å². The van der Waals surface area contributed by atoms with E-state index < -0.39 is 5.02 Å². The molecule has 0 saturated heterocycles. The number of rotatable bonds is 5. The number of ether oxygens (including phenoxy) is 1. The molecule has 0 saturated carbocycles. The van der Waals surface area contributed by atoms with Gasteiger partial charge in [-0.25, -0.2) is 0 Å². The molecule has 6 heteroatoms. The number of carbonyl (C=O) groups is 1. The predicted molar refractivity (Wildman–Crippen MR) is 65.0 cm³/mol. The van der Waals surface area contributed by atoms with E-state index in [1.807, 2.05) is 5.40 Å². The van der Waals surface area contributed by atoms with Gasteiger partial charge in [-0.3, -0.25) is 4.79 Å². The molecule has 0 unspecified atom stereocenters. The number of carbonyl (C=O) groups excluding carboxylic acids is 1. The first-order valence-corrected chi connectivity index (χ1v) is 6.08. The SMILES string of the molecule is N#CSCC(=O)c1ccc(OC(Cl)Cl)cc1. The van der Waals surface area contributed by atoms with Gasteiger partial charge in [0.1, 0.15) is 11.2 Å². The number of hydrogen-bond donors (Lipinski definition) is 0. The lowest BCUT2D eigenvalue weighted by atomic mass is 10.1. The largest absolute Gasteiger partial charge is 0.461 e. The molecule has 84 valence electrons. The van der Waals surface area contributed by atoms with Gasteiger partial charge in [0.25, 0.3) is 0 Å². The van der Waals surface area contributed by atoms with Crippen molar-refractivity contribution >= 4 is 40.7 Å². The number of thiocyanates is 1. The van der Waals surface area contributed by atoms with E-state index in [4.69, 9.17) is 33.2 Å². The Labute approximate surface area is 107 Å². The van der Waals surface area contributed by atoms with Gasteiger partial charge in [0.2, 0.25) is 5.02 Å². The van der Waals surface area contributed by atoms with Crippen molar-refractivity contribution in [2.45, 2.75) is 5.02 Å². The number of alkyl halides is 2. The highest BCUT2D eigenvalue weighted by Crippen LogP contribution is 2.17. The zero-order chi connectivity index (χ0) is 12.0. The Balaban J connectivity index is 2.64. The van der Waals surface area contributed by atoms with E-state index in [9.17, 15) is 4.79 Å². The fraction of sp³-hybridized carbons (Fsp3) is 0.200. The predicted octanol–water partition coefficient (Wildman–Crippen LogP) is 3.22. The number of hydrogen-bond acceptors (Lipinski definition) is 4. The molecule has 0 radical (unpaired) electrons. The van der Waals surface area contributed by atoms with Crippen molar-refractivity contribution in [3.63, 3.8) is 0 Å². The van der Waals surface area contributed by atoms with Crippen LogP contribution in [0.25, 0.3) is 0 Å². The number of benzene rings is 1. The van der Waals surface area contributed by atoms with Gasteiger partial charge in [0.05, 0.1) is 5.75 Å². The average Bonchev–Trinajstić information content (AvgIpc) is 2.26. The third-order valence-electron chi connectivity index (χ3n) is 1.67. The number of nitrogens with zero attached hydrogens (tertiary/aromatic N) is 1. The molecule has 16 heavy (non-hydrogen) atoms. The second-order valence-corrected chi connectivity index (χ2v) is 4.48. The monoisotopic (exact) mass is 275 g/mol. The molecule has 0 aliphatic heterocycles. The van der Waals surface area contributed by atoms with E-state index in [1.54, 1.807) is 24.3 Å². The van der Waals surface area contributed by atoms with Crippen molar-refractivity contribution in [3.8, 4) is 11.2 Å². The maximum absolute atomic E-state index is 11.5. The number of halogens is 2. The molecule has 0 aliphatic rings. The molecule has 0 amide bonds. The fourth-order valence-corrected chi connectivity index (χ4v) is 1.57. The van der Waals surface area contributed by atoms with Gasteiger partial charge in [0, 0.05) is 5.56 Å². The zero-order valence-electron chi connectivity index (χ0n) is 8.02. The third-order valence-corrected chi connectivity index (χ3v) is 2.38. The minimum absolute atomic E-state index is 0.105. The first-order chi connectivity index (χ1) is 7.63. The summed E-state index contributed by atoms with van der Waals surface area (Å²) in [4.78, 5) is 11.5. The molecule has 0 spiro atoms. The van der Waals surface area contributed by atoms with Crippen LogP contribution in [0.15, 0.2) is 24.3 Å². The van der Waals surface area contributed by atoms with Gasteiger partial charge in [-0.05, 0) is 36.0 Å². The number of ketones is 1. The van der Waals surface area contributed by atoms with E-state index in [2.05, 4.69) is 0 Å². The molecule has 0 N–H and O–H groups in total. The summed E-state index contributed by atoms with van der Waals surface area (Å²) in [6, 6.07) is 6.40. The Kier molecular flexibility index (Phi) is 5.47. The molecule has 1 rings (SSSR count). The number of thioether (sulfide) groups is 1. The molecule has 0 bridgehead atoms. The van der Waals surface area contributed by atoms with Crippen LogP contribution < -0.4 is 4.74 Å². The van der Waals surface area contributed by atoms with Crippen LogP contribution >= 0.6 is 35.0 Å². The van der Waals surface area contributed by atoms with Crippen molar-refractivity contribution in [1.29, 1.82) is 5.26 Å². The lowest BCUT2D eigenvalue weighted by Gasteiger charge is -2.06. The molecule has 1 aromatic rings. The van der Waals surface area contributed by atoms with Crippen LogP contribution in [0.4, 0.5) is 0 Å². The number of nitriles is 1. The number of Topliss-reactive ketones (excluding diaryl/α,β-unsaturated/α-hetero) is 1. The Bertz CT molecular complexity index is 400. The van der Waals surface area contributed by atoms with Crippen LogP contribution in [0.3, 0.4) is 0 Å². The van der Waals surface area contributed by atoms with E-state index in [0.29, 0.717) is 11.3 Å². The molecule has 0 atom stereocenters. The second-order valence-electron chi connectivity index (χ2n) is 2.71. The van der Waals surface area contributed by atoms with E-state index in [0.717, 1.165) is 11.8 Å². The van der Waals surface area contributed by atoms with Gasteiger partial charge >= 0.3 is 0 Å². The van der Waals surface area contributed by atoms with Crippen LogP contribution in [-0.4, -0.2) is 16.6 Å². The minimum Gasteiger partial charge on any atom is -0.461 e. The quantitative estimate of drug-likeness (QED) is 0.470. The highest BCUT2D eigenvalue weighted by atomic mass is 35.5. The Morgan fingerprint density at radius 3 is 2.56 bits per heavy atom. The second kappa shape index (κ2) is 6.64. The van der Waals surface area contributed by atoms with E-state index >= 15 is 0 Å². The van der Waals surface area contributed by atoms with Gasteiger partial charge in [0.15, 0.2) is 5.78 Å². The summed E-state index contributed by atoms with van der Waals surface area (Å²) in [7, 11) is 0. The smallest absolute Gasteiger partial charge is 0.247 e. The summed E-state index contributed by atoms with van der Waals surface area (Å²) in [6.07, 6.45) is 0. The topological polar surface area (TPSA) is 50.1 Å². The summed E-state index contributed by atoms with van der Waals surface area (Å²) in [5.41, 5.74) is 0.524. The molecule has 0 heterocycles. The lowest BCUT2D eigenvalue weighted by Crippen LogP contribution is -2.03. The van der Waals surface area contributed by atoms with Crippen molar-refractivity contribution in [3.05, 3.63) is 29.8 Å². The van der Waals surface area contributed by atoms with Crippen molar-refractivity contribution in [2.75, 3.05) is 5.75 Å². The zero-order valence-corrected chi connectivity index (χ0v) is 10.4. The van der Waals surface area contributed by atoms with Crippen LogP contribution in [0.5, 0.6) is 5.75 Å². The van der Waals surface area contributed by atoms with E-state index in [-0.39, 0.29) is 11.5 Å². The molecule has 0 fully saturated rings. The summed E-state index contributed by atoms with van der Waals surface area (Å²) in [6.45, 7) is 0. The van der Waals surface area contributed by atoms with Crippen LogP contribution in [0.2, 0.25) is 0 Å². The van der Waals surface area contributed by atoms with E-state index in [1.165, 1.54) is 0 Å². The maximum Gasteiger partial charge on any atom is 0.247 e. The highest BCUT2D eigenvalue weighted by molar-refractivity contribution is 8.04. The van der Waals surface area contributed by atoms with Gasteiger partial charge in [-0.2, -0.15) is 5.26 Å². The van der Waals surface area contributed by atoms with Crippen LogP contribution in [0.1, 0.15) is 10.4 Å². The molecular formula is C10H7Cl2NO2S. The summed E-state index contributed by atoms with van der Waals surface area (Å²) < 4.78 is 4.99. The normalized spacial score (nSPS) is 9.88. The first-order valence-electron chi connectivity index (χ1n) is 4.22. The average molecular weight is 276 g/mol. The van der Waals surface area contributed by atoms with Crippen molar-refractivity contribution < 1.29 is 9.53 Å². The summed E-state index contributed by atoms with van der Waals surface area (Å²) >= 11 is 11.7. The maximum atomic E-state index is 11.5. The lowest BCUT2D eigenvalue weighted by molar-refractivity contribution is 0.102. The summed E-state index contributed by atoms with van der Waals surface area (Å²) in [5, 5.41) is 9.22. The Hall–Kier alpha value is -0.890. The standard InChI is InChI=1S/C10H7Cl2NO2S/c11-10(12)15-8-3-1-7(2-4-8)9(14)5-16-6-13/h1-4,10H,5H2. The Morgan fingerprint density at radius 1 is 1.44 bits per heavy atom. The van der Waals surface area contributed by atoms with Crippen LogP contribution in [0, 0.1) is 10.7 Å². The first kappa shape index (κ1) is 13.2. The summed E-state index contributed by atoms with van der Waals surface area (Å²) in [5.74, 6) is 0.524. The van der Waals surface area contributed by atoms with Crippen LogP contribution in [-0.2, 0) is 0 Å². The Morgan fingerprint density at radius 2 is 2.06 bits per heavy atom. The third kappa shape index (κ3) is 4.31. The minimum atomic E-state index is -0.935. The van der Waals surface area contributed by atoms with Crippen molar-refractivity contribution in [2.24, 2.45) is 0 Å². The molecule has 3 nitrogen and oxygen atoms in total.